The van der Waals surface area contributed by atoms with Crippen molar-refractivity contribution in [3.05, 3.63) is 46.6 Å². The van der Waals surface area contributed by atoms with E-state index in [2.05, 4.69) is 26.0 Å². The summed E-state index contributed by atoms with van der Waals surface area (Å²) >= 11 is 3.28. The van der Waals surface area contributed by atoms with Gasteiger partial charge in [0.1, 0.15) is 0 Å². The van der Waals surface area contributed by atoms with Crippen molar-refractivity contribution >= 4 is 27.8 Å². The van der Waals surface area contributed by atoms with Gasteiger partial charge in [-0.05, 0) is 31.2 Å². The molecular weight excluding hydrogens is 286 g/mol. The van der Waals surface area contributed by atoms with E-state index in [1.54, 1.807) is 31.2 Å². The number of benzene rings is 1. The molecule has 0 atom stereocenters. The summed E-state index contributed by atoms with van der Waals surface area (Å²) in [6, 6.07) is 6.89. The number of carbonyl (C=O) groups is 2. The smallest absolute Gasteiger partial charge is 0.332 e. The van der Waals surface area contributed by atoms with E-state index in [1.165, 1.54) is 12.3 Å². The zero-order chi connectivity index (χ0) is 12.7. The molecule has 0 fully saturated rings. The van der Waals surface area contributed by atoms with E-state index < -0.39 is 5.97 Å². The second-order valence-corrected chi connectivity index (χ2v) is 3.98. The van der Waals surface area contributed by atoms with Crippen molar-refractivity contribution in [2.45, 2.75) is 6.92 Å². The Balaban J connectivity index is 2.50. The molecule has 0 aliphatic carbocycles. The number of hydrogen-bond donors (Lipinski definition) is 1. The average molecular weight is 298 g/mol. The molecule has 1 amide bonds. The van der Waals surface area contributed by atoms with Crippen LogP contribution in [0.4, 0.5) is 0 Å². The highest BCUT2D eigenvalue weighted by molar-refractivity contribution is 9.10. The minimum atomic E-state index is -0.483. The van der Waals surface area contributed by atoms with Crippen molar-refractivity contribution < 1.29 is 14.3 Å². The van der Waals surface area contributed by atoms with Gasteiger partial charge in [0, 0.05) is 22.3 Å². The number of hydrogen-bond acceptors (Lipinski definition) is 3. The summed E-state index contributed by atoms with van der Waals surface area (Å²) in [6.45, 7) is 2.02. The van der Waals surface area contributed by atoms with Crippen LogP contribution in [0.1, 0.15) is 17.3 Å². The summed E-state index contributed by atoms with van der Waals surface area (Å²) < 4.78 is 5.56. The highest BCUT2D eigenvalue weighted by Gasteiger charge is 2.02. The number of esters is 1. The fourth-order valence-electron chi connectivity index (χ4n) is 1.06. The van der Waals surface area contributed by atoms with Gasteiger partial charge in [-0.15, -0.1) is 0 Å². The van der Waals surface area contributed by atoms with Crippen LogP contribution < -0.4 is 5.32 Å². The Morgan fingerprint density at radius 3 is 2.59 bits per heavy atom. The highest BCUT2D eigenvalue weighted by atomic mass is 79.9. The Labute approximate surface area is 108 Å². The van der Waals surface area contributed by atoms with Gasteiger partial charge in [-0.2, -0.15) is 0 Å². The summed E-state index contributed by atoms with van der Waals surface area (Å²) in [5.41, 5.74) is 0.515. The zero-order valence-corrected chi connectivity index (χ0v) is 10.9. The van der Waals surface area contributed by atoms with Crippen LogP contribution in [-0.4, -0.2) is 18.5 Å². The van der Waals surface area contributed by atoms with Crippen molar-refractivity contribution in [2.24, 2.45) is 0 Å². The fraction of sp³-hybridized carbons (Fsp3) is 0.167. The van der Waals surface area contributed by atoms with Gasteiger partial charge in [-0.1, -0.05) is 15.9 Å². The fourth-order valence-corrected chi connectivity index (χ4v) is 1.32. The van der Waals surface area contributed by atoms with E-state index in [-0.39, 0.29) is 5.91 Å². The molecule has 1 N–H and O–H groups in total. The molecule has 5 heteroatoms. The molecule has 0 aliphatic heterocycles. The largest absolute Gasteiger partial charge is 0.463 e. The maximum atomic E-state index is 11.6. The molecule has 1 aromatic rings. The number of rotatable bonds is 4. The Hall–Kier alpha value is -1.62. The van der Waals surface area contributed by atoms with Crippen LogP contribution >= 0.6 is 15.9 Å². The molecule has 0 aromatic heterocycles. The van der Waals surface area contributed by atoms with Crippen molar-refractivity contribution in [2.75, 3.05) is 6.61 Å². The molecule has 0 aliphatic rings. The van der Waals surface area contributed by atoms with Crippen LogP contribution in [0.2, 0.25) is 0 Å². The first kappa shape index (κ1) is 13.4. The molecule has 0 unspecified atom stereocenters. The number of amides is 1. The van der Waals surface area contributed by atoms with Gasteiger partial charge in [0.15, 0.2) is 0 Å². The molecule has 17 heavy (non-hydrogen) atoms. The SMILES string of the molecule is CCOC(=O)/C=C\NC(=O)c1ccc(Br)cc1. The van der Waals surface area contributed by atoms with Gasteiger partial charge in [0.2, 0.25) is 0 Å². The van der Waals surface area contributed by atoms with Crippen molar-refractivity contribution in [3.63, 3.8) is 0 Å². The quantitative estimate of drug-likeness (QED) is 0.685. The third-order valence-electron chi connectivity index (χ3n) is 1.83. The van der Waals surface area contributed by atoms with E-state index in [0.717, 1.165) is 4.47 Å². The second kappa shape index (κ2) is 6.85. The molecule has 0 bridgehead atoms. The van der Waals surface area contributed by atoms with Gasteiger partial charge in [-0.25, -0.2) is 4.79 Å². The molecule has 0 radical (unpaired) electrons. The summed E-state index contributed by atoms with van der Waals surface area (Å²) in [5.74, 6) is -0.762. The lowest BCUT2D eigenvalue weighted by Crippen LogP contribution is -2.17. The predicted octanol–water partition coefficient (Wildman–Crippen LogP) is 2.26. The Morgan fingerprint density at radius 1 is 1.35 bits per heavy atom. The minimum Gasteiger partial charge on any atom is -0.463 e. The Kier molecular flexibility index (Phi) is 5.42. The molecule has 1 aromatic carbocycles. The lowest BCUT2D eigenvalue weighted by atomic mass is 10.2. The molecule has 0 saturated heterocycles. The van der Waals surface area contributed by atoms with Crippen molar-refractivity contribution in [1.29, 1.82) is 0 Å². The third-order valence-corrected chi connectivity index (χ3v) is 2.36. The van der Waals surface area contributed by atoms with Gasteiger partial charge in [-0.3, -0.25) is 4.79 Å². The summed E-state index contributed by atoms with van der Waals surface area (Å²) in [7, 11) is 0. The van der Waals surface area contributed by atoms with Gasteiger partial charge < -0.3 is 10.1 Å². The van der Waals surface area contributed by atoms with Gasteiger partial charge in [0.05, 0.1) is 6.61 Å². The Bertz CT molecular complexity index is 426. The second-order valence-electron chi connectivity index (χ2n) is 3.07. The Morgan fingerprint density at radius 2 is 2.00 bits per heavy atom. The van der Waals surface area contributed by atoms with E-state index >= 15 is 0 Å². The van der Waals surface area contributed by atoms with Crippen LogP contribution in [0, 0.1) is 0 Å². The van der Waals surface area contributed by atoms with E-state index in [0.29, 0.717) is 12.2 Å². The normalized spacial score (nSPS) is 10.2. The number of halogens is 1. The van der Waals surface area contributed by atoms with E-state index in [1.807, 2.05) is 0 Å². The number of nitrogens with one attached hydrogen (secondary N) is 1. The van der Waals surface area contributed by atoms with Crippen LogP contribution in [0.15, 0.2) is 41.0 Å². The maximum Gasteiger partial charge on any atom is 0.332 e. The first-order valence-corrected chi connectivity index (χ1v) is 5.82. The van der Waals surface area contributed by atoms with Crippen LogP contribution in [0.25, 0.3) is 0 Å². The molecule has 90 valence electrons. The van der Waals surface area contributed by atoms with Gasteiger partial charge in [0.25, 0.3) is 5.91 Å². The monoisotopic (exact) mass is 297 g/mol. The number of carbonyl (C=O) groups excluding carboxylic acids is 2. The van der Waals surface area contributed by atoms with Crippen LogP contribution in [0.3, 0.4) is 0 Å². The van der Waals surface area contributed by atoms with Crippen molar-refractivity contribution in [1.82, 2.24) is 5.32 Å². The first-order valence-electron chi connectivity index (χ1n) is 5.03. The van der Waals surface area contributed by atoms with Crippen LogP contribution in [0.5, 0.6) is 0 Å². The zero-order valence-electron chi connectivity index (χ0n) is 9.27. The molecule has 4 nitrogen and oxygen atoms in total. The summed E-state index contributed by atoms with van der Waals surface area (Å²) in [4.78, 5) is 22.5. The van der Waals surface area contributed by atoms with Crippen molar-refractivity contribution in [3.8, 4) is 0 Å². The van der Waals surface area contributed by atoms with E-state index in [9.17, 15) is 9.59 Å². The predicted molar refractivity (Wildman–Crippen MR) is 67.4 cm³/mol. The standard InChI is InChI=1S/C12H12BrNO3/c1-2-17-11(15)7-8-14-12(16)9-3-5-10(13)6-4-9/h3-8H,2H2,1H3,(H,14,16)/b8-7-. The first-order chi connectivity index (χ1) is 8.13. The average Bonchev–Trinajstić information content (AvgIpc) is 2.30. The third kappa shape index (κ3) is 4.82. The van der Waals surface area contributed by atoms with Gasteiger partial charge >= 0.3 is 5.97 Å². The molecule has 0 heterocycles. The highest BCUT2D eigenvalue weighted by Crippen LogP contribution is 2.10. The molecular formula is C12H12BrNO3. The lowest BCUT2D eigenvalue weighted by molar-refractivity contribution is -0.137. The molecule has 1 rings (SSSR count). The lowest BCUT2D eigenvalue weighted by Gasteiger charge is -2.00. The minimum absolute atomic E-state index is 0.280. The van der Waals surface area contributed by atoms with Crippen LogP contribution in [-0.2, 0) is 9.53 Å². The summed E-state index contributed by atoms with van der Waals surface area (Å²) in [6.07, 6.45) is 2.43. The maximum absolute atomic E-state index is 11.6. The molecule has 0 spiro atoms. The molecule has 0 saturated carbocycles. The number of ether oxygens (including phenoxy) is 1. The topological polar surface area (TPSA) is 55.4 Å². The van der Waals surface area contributed by atoms with E-state index in [4.69, 9.17) is 0 Å². The summed E-state index contributed by atoms with van der Waals surface area (Å²) in [5, 5.41) is 2.47.